The maximum absolute atomic E-state index is 11.5. The Morgan fingerprint density at radius 2 is 2.10 bits per heavy atom. The van der Waals surface area contributed by atoms with Gasteiger partial charge in [0.15, 0.2) is 0 Å². The summed E-state index contributed by atoms with van der Waals surface area (Å²) in [6.07, 6.45) is 6.05. The van der Waals surface area contributed by atoms with Crippen molar-refractivity contribution in [1.29, 1.82) is 0 Å². The van der Waals surface area contributed by atoms with E-state index in [1.165, 1.54) is 0 Å². The minimum atomic E-state index is -0.419. The summed E-state index contributed by atoms with van der Waals surface area (Å²) < 4.78 is 5.20. The second-order valence-electron chi connectivity index (χ2n) is 6.32. The van der Waals surface area contributed by atoms with Crippen LogP contribution in [-0.2, 0) is 4.74 Å². The second-order valence-corrected chi connectivity index (χ2v) is 6.32. The summed E-state index contributed by atoms with van der Waals surface area (Å²) in [6, 6.07) is 0.198. The van der Waals surface area contributed by atoms with E-state index in [1.807, 2.05) is 27.7 Å². The minimum absolute atomic E-state index is 0. The van der Waals surface area contributed by atoms with Crippen molar-refractivity contribution in [2.75, 3.05) is 13.1 Å². The zero-order valence-corrected chi connectivity index (χ0v) is 14.0. The van der Waals surface area contributed by atoms with Crippen LogP contribution in [-0.4, -0.2) is 30.8 Å². The second kappa shape index (κ2) is 9.81. The number of carbonyl (C=O) groups excluding carboxylic acids is 1. The lowest BCUT2D eigenvalue weighted by Gasteiger charge is -2.29. The molecule has 0 aromatic heterocycles. The van der Waals surface area contributed by atoms with Crippen LogP contribution >= 0.6 is 0 Å². The van der Waals surface area contributed by atoms with E-state index in [1.54, 1.807) is 0 Å². The predicted octanol–water partition coefficient (Wildman–Crippen LogP) is 3.73. The number of piperidine rings is 1. The summed E-state index contributed by atoms with van der Waals surface area (Å²) in [6.45, 7) is 13.8. The molecule has 1 aliphatic heterocycles. The van der Waals surface area contributed by atoms with Crippen molar-refractivity contribution in [2.45, 2.75) is 66.0 Å². The number of amides is 1. The molecule has 0 unspecified atom stereocenters. The number of rotatable bonds is 2. The van der Waals surface area contributed by atoms with Crippen LogP contribution in [0.3, 0.4) is 0 Å². The zero-order chi connectivity index (χ0) is 15.6. The van der Waals surface area contributed by atoms with Gasteiger partial charge >= 0.3 is 6.09 Å². The number of hydrogen-bond acceptors (Lipinski definition) is 3. The molecule has 0 aromatic carbocycles. The summed E-state index contributed by atoms with van der Waals surface area (Å²) >= 11 is 0. The molecule has 0 spiro atoms. The van der Waals surface area contributed by atoms with Gasteiger partial charge in [-0.1, -0.05) is 26.0 Å². The molecule has 0 aliphatic carbocycles. The molecule has 2 atom stereocenters. The number of allylic oxidation sites excluding steroid dienone is 2. The van der Waals surface area contributed by atoms with E-state index in [9.17, 15) is 4.79 Å². The maximum Gasteiger partial charge on any atom is 0.407 e. The highest BCUT2D eigenvalue weighted by Gasteiger charge is 2.23. The van der Waals surface area contributed by atoms with Crippen LogP contribution in [0.1, 0.15) is 55.8 Å². The monoisotopic (exact) mass is 286 g/mol. The lowest BCUT2D eigenvalue weighted by Crippen LogP contribution is -2.49. The fourth-order valence-corrected chi connectivity index (χ4v) is 1.98. The Labute approximate surface area is 125 Å². The quantitative estimate of drug-likeness (QED) is 0.761. The average Bonchev–Trinajstić information content (AvgIpc) is 2.28. The normalized spacial score (nSPS) is 22.9. The predicted molar refractivity (Wildman–Crippen MR) is 87.0 cm³/mol. The molecule has 0 radical (unpaired) electrons. The van der Waals surface area contributed by atoms with E-state index < -0.39 is 5.60 Å². The molecular formula is C16H34N2O2. The topological polar surface area (TPSA) is 50.4 Å². The van der Waals surface area contributed by atoms with Gasteiger partial charge in [-0.05, 0) is 53.0 Å². The van der Waals surface area contributed by atoms with E-state index in [0.717, 1.165) is 25.9 Å². The van der Waals surface area contributed by atoms with Crippen molar-refractivity contribution in [3.63, 3.8) is 0 Å². The van der Waals surface area contributed by atoms with Gasteiger partial charge in [-0.25, -0.2) is 4.79 Å². The third-order valence-electron chi connectivity index (χ3n) is 2.76. The first kappa shape index (κ1) is 19.0. The van der Waals surface area contributed by atoms with Crippen molar-refractivity contribution in [3.05, 3.63) is 12.2 Å². The van der Waals surface area contributed by atoms with Crippen molar-refractivity contribution in [3.8, 4) is 0 Å². The number of hydrogen-bond donors (Lipinski definition) is 2. The van der Waals surface area contributed by atoms with Crippen LogP contribution in [0.4, 0.5) is 4.79 Å². The highest BCUT2D eigenvalue weighted by atomic mass is 16.6. The Hall–Kier alpha value is -1.03. The molecule has 1 heterocycles. The number of carbonyl (C=O) groups is 1. The molecule has 1 rings (SSSR count). The number of nitrogens with one attached hydrogen (secondary N) is 2. The van der Waals surface area contributed by atoms with Crippen molar-refractivity contribution < 1.29 is 11.0 Å². The minimum Gasteiger partial charge on any atom is -0.444 e. The molecule has 1 saturated heterocycles. The fraction of sp³-hybridized carbons (Fsp3) is 0.812. The summed E-state index contributed by atoms with van der Waals surface area (Å²) in [5.41, 5.74) is -0.419. The molecule has 0 aromatic rings. The Kier molecular flexibility index (Phi) is 9.30. The zero-order valence-electron chi connectivity index (χ0n) is 14.0. The smallest absolute Gasteiger partial charge is 0.407 e. The number of ether oxygens (including phenoxy) is 1. The molecule has 0 saturated carbocycles. The van der Waals surface area contributed by atoms with Crippen LogP contribution in [0.2, 0.25) is 0 Å². The van der Waals surface area contributed by atoms with E-state index in [4.69, 9.17) is 4.74 Å². The molecular weight excluding hydrogens is 252 g/mol. The van der Waals surface area contributed by atoms with E-state index in [0.29, 0.717) is 5.92 Å². The highest BCUT2D eigenvalue weighted by Crippen LogP contribution is 2.11. The molecule has 20 heavy (non-hydrogen) atoms. The van der Waals surface area contributed by atoms with Crippen LogP contribution in [0.5, 0.6) is 0 Å². The summed E-state index contributed by atoms with van der Waals surface area (Å²) in [4.78, 5) is 11.5. The third-order valence-corrected chi connectivity index (χ3v) is 2.76. The first-order chi connectivity index (χ1) is 9.28. The summed E-state index contributed by atoms with van der Waals surface area (Å²) in [5.74, 6) is 0.610. The summed E-state index contributed by atoms with van der Waals surface area (Å²) in [7, 11) is 0. The Morgan fingerprint density at radius 1 is 1.45 bits per heavy atom. The van der Waals surface area contributed by atoms with Crippen LogP contribution < -0.4 is 10.6 Å². The van der Waals surface area contributed by atoms with Crippen molar-refractivity contribution >= 4 is 6.09 Å². The first-order valence-corrected chi connectivity index (χ1v) is 7.59. The Morgan fingerprint density at radius 3 is 2.50 bits per heavy atom. The Bertz CT molecular complexity index is 301. The van der Waals surface area contributed by atoms with Gasteiger partial charge in [0, 0.05) is 14.0 Å². The highest BCUT2D eigenvalue weighted by molar-refractivity contribution is 5.68. The molecule has 0 bridgehead atoms. The molecule has 2 N–H and O–H groups in total. The van der Waals surface area contributed by atoms with E-state index in [-0.39, 0.29) is 13.6 Å². The molecule has 1 amide bonds. The van der Waals surface area contributed by atoms with Gasteiger partial charge in [0.1, 0.15) is 5.60 Å². The van der Waals surface area contributed by atoms with Gasteiger partial charge in [-0.2, -0.15) is 0 Å². The lowest BCUT2D eigenvalue weighted by atomic mass is 9.98. The summed E-state index contributed by atoms with van der Waals surface area (Å²) in [5, 5.41) is 6.16. The number of alkyl carbamates (subject to hydrolysis) is 1. The molecule has 4 nitrogen and oxygen atoms in total. The lowest BCUT2D eigenvalue weighted by molar-refractivity contribution is 0.0491. The van der Waals surface area contributed by atoms with Crippen molar-refractivity contribution in [1.82, 2.24) is 10.6 Å². The van der Waals surface area contributed by atoms with Gasteiger partial charge in [0.05, 0.1) is 0 Å². The van der Waals surface area contributed by atoms with Gasteiger partial charge in [-0.15, -0.1) is 0 Å². The average molecular weight is 286 g/mol. The molecule has 1 aliphatic rings. The van der Waals surface area contributed by atoms with Gasteiger partial charge in [0.25, 0.3) is 0 Å². The maximum atomic E-state index is 11.5. The Balaban J connectivity index is 0. The third kappa shape index (κ3) is 10.9. The standard InChI is InChI=1S/C11H22N2O2.C5H10.H2/c1-8-5-9(7-12-6-8)13-10(14)15-11(2,3)4;1-3-5-4-2;/h8-9,12H,5-7H2,1-4H3,(H,13,14);3,5H,4H2,1-2H3;1H/t8-,9+;;/m0../s1. The van der Waals surface area contributed by atoms with Gasteiger partial charge in [0.2, 0.25) is 0 Å². The van der Waals surface area contributed by atoms with Crippen LogP contribution in [0.15, 0.2) is 12.2 Å². The fourth-order valence-electron chi connectivity index (χ4n) is 1.98. The van der Waals surface area contributed by atoms with E-state index in [2.05, 4.69) is 36.6 Å². The van der Waals surface area contributed by atoms with Crippen LogP contribution in [0.25, 0.3) is 0 Å². The van der Waals surface area contributed by atoms with Crippen molar-refractivity contribution in [2.24, 2.45) is 5.92 Å². The van der Waals surface area contributed by atoms with E-state index >= 15 is 0 Å². The molecule has 120 valence electrons. The molecule has 4 heteroatoms. The largest absolute Gasteiger partial charge is 0.444 e. The molecule has 1 fully saturated rings. The van der Waals surface area contributed by atoms with Gasteiger partial charge in [-0.3, -0.25) is 0 Å². The SMILES string of the molecule is CC=CCC.C[C@@H]1CNC[C@H](NC(=O)OC(C)(C)C)C1.[HH]. The first-order valence-electron chi connectivity index (χ1n) is 7.59. The van der Waals surface area contributed by atoms with Gasteiger partial charge < -0.3 is 15.4 Å². The van der Waals surface area contributed by atoms with Crippen LogP contribution in [0, 0.1) is 5.92 Å².